The van der Waals surface area contributed by atoms with Crippen LogP contribution < -0.4 is 15.4 Å². The number of aromatic nitrogens is 5. The normalized spacial score (nSPS) is 16.1. The van der Waals surface area contributed by atoms with Gasteiger partial charge in [-0.1, -0.05) is 0 Å². The van der Waals surface area contributed by atoms with E-state index in [4.69, 9.17) is 9.47 Å². The van der Waals surface area contributed by atoms with Crippen LogP contribution in [-0.2, 0) is 11.8 Å². The van der Waals surface area contributed by atoms with E-state index in [-0.39, 0.29) is 17.6 Å². The van der Waals surface area contributed by atoms with Crippen molar-refractivity contribution in [3.63, 3.8) is 0 Å². The Hall–Kier alpha value is -3.65. The number of rotatable bonds is 7. The molecule has 35 heavy (non-hydrogen) atoms. The largest absolute Gasteiger partial charge is 0.470 e. The second kappa shape index (κ2) is 9.19. The molecule has 0 bridgehead atoms. The third kappa shape index (κ3) is 5.22. The van der Waals surface area contributed by atoms with Crippen molar-refractivity contribution >= 4 is 39.2 Å². The fourth-order valence-corrected chi connectivity index (χ4v) is 4.35. The average Bonchev–Trinajstić information content (AvgIpc) is 3.59. The third-order valence-electron chi connectivity index (χ3n) is 5.18. The number of hydrogen-bond donors (Lipinski definition) is 2. The first kappa shape index (κ1) is 23.1. The molecule has 0 radical (unpaired) electrons. The van der Waals surface area contributed by atoms with Crippen molar-refractivity contribution in [3.8, 4) is 11.6 Å². The number of thiophene rings is 1. The minimum Gasteiger partial charge on any atom is -0.470 e. The molecule has 1 fully saturated rings. The van der Waals surface area contributed by atoms with E-state index < -0.39 is 18.6 Å². The number of nitrogens with zero attached hydrogens (tertiary/aromatic N) is 5. The van der Waals surface area contributed by atoms with Gasteiger partial charge in [0.15, 0.2) is 0 Å². The number of amides is 1. The molecule has 0 spiro atoms. The van der Waals surface area contributed by atoms with Crippen molar-refractivity contribution in [1.82, 2.24) is 29.6 Å². The molecule has 184 valence electrons. The Morgan fingerprint density at radius 1 is 1.37 bits per heavy atom. The van der Waals surface area contributed by atoms with Gasteiger partial charge in [0, 0.05) is 31.2 Å². The zero-order valence-corrected chi connectivity index (χ0v) is 19.2. The van der Waals surface area contributed by atoms with Crippen molar-refractivity contribution in [1.29, 1.82) is 0 Å². The van der Waals surface area contributed by atoms with Crippen LogP contribution in [0.5, 0.6) is 5.88 Å². The van der Waals surface area contributed by atoms with Crippen LogP contribution in [0.15, 0.2) is 36.1 Å². The van der Waals surface area contributed by atoms with Gasteiger partial charge in [-0.25, -0.2) is 4.98 Å². The number of anilines is 2. The molecule has 1 aliphatic rings. The van der Waals surface area contributed by atoms with Crippen molar-refractivity contribution in [2.75, 3.05) is 25.1 Å². The summed E-state index contributed by atoms with van der Waals surface area (Å²) in [6.45, 7) is -0.352. The van der Waals surface area contributed by atoms with Crippen LogP contribution in [0.3, 0.4) is 0 Å². The molecule has 1 saturated heterocycles. The number of carbonyl (C=O) groups excluding carboxylic acids is 1. The molecule has 5 heterocycles. The lowest BCUT2D eigenvalue weighted by molar-refractivity contribution is -0.123. The van der Waals surface area contributed by atoms with E-state index >= 15 is 0 Å². The van der Waals surface area contributed by atoms with Gasteiger partial charge < -0.3 is 24.7 Å². The van der Waals surface area contributed by atoms with E-state index in [1.54, 1.807) is 10.9 Å². The smallest absolute Gasteiger partial charge is 0.405 e. The van der Waals surface area contributed by atoms with Gasteiger partial charge in [-0.05, 0) is 12.1 Å². The lowest BCUT2D eigenvalue weighted by Crippen LogP contribution is -2.33. The van der Waals surface area contributed by atoms with Crippen molar-refractivity contribution < 1.29 is 27.4 Å². The van der Waals surface area contributed by atoms with Crippen LogP contribution in [0, 0.1) is 0 Å². The minimum absolute atomic E-state index is 0.102. The van der Waals surface area contributed by atoms with Gasteiger partial charge in [0.2, 0.25) is 11.8 Å². The summed E-state index contributed by atoms with van der Waals surface area (Å²) >= 11 is 1.14. The number of fused-ring (bicyclic) bond motifs is 1. The van der Waals surface area contributed by atoms with E-state index in [1.165, 1.54) is 11.4 Å². The van der Waals surface area contributed by atoms with Gasteiger partial charge >= 0.3 is 6.18 Å². The number of carbonyl (C=O) groups is 1. The Balaban J connectivity index is 1.43. The van der Waals surface area contributed by atoms with Crippen LogP contribution in [0.1, 0.15) is 16.8 Å². The highest BCUT2D eigenvalue weighted by atomic mass is 32.1. The Kier molecular flexibility index (Phi) is 6.06. The van der Waals surface area contributed by atoms with Crippen molar-refractivity contribution in [2.45, 2.75) is 18.7 Å². The number of aryl methyl sites for hydroxylation is 1. The maximum absolute atomic E-state index is 12.4. The molecular weight excluding hydrogens is 487 g/mol. The second-order valence-corrected chi connectivity index (χ2v) is 8.78. The van der Waals surface area contributed by atoms with E-state index in [9.17, 15) is 18.0 Å². The van der Waals surface area contributed by atoms with Crippen LogP contribution in [0.25, 0.3) is 16.7 Å². The first-order valence-corrected chi connectivity index (χ1v) is 11.5. The molecule has 0 unspecified atom stereocenters. The standard InChI is InChI=1S/C21H20F3N7O3S/c1-30-8-13(7-26-30)31-4-2-15-17(31)19(34-14-3-5-33-9-14)29-20(27-15)28-16-6-12(10-35-16)18(32)25-11-21(22,23)24/h2,4,6-8,10,14H,3,5,9,11H2,1H3,(H,25,32)(H,27,28,29)/t14-/m1/s1. The lowest BCUT2D eigenvalue weighted by atomic mass is 10.3. The minimum atomic E-state index is -4.48. The molecule has 14 heteroatoms. The van der Waals surface area contributed by atoms with Gasteiger partial charge in [0.05, 0.1) is 41.2 Å². The molecule has 0 aliphatic carbocycles. The summed E-state index contributed by atoms with van der Waals surface area (Å²) in [6, 6.07) is 3.26. The Morgan fingerprint density at radius 3 is 2.94 bits per heavy atom. The van der Waals surface area contributed by atoms with Gasteiger partial charge in [0.1, 0.15) is 18.2 Å². The van der Waals surface area contributed by atoms with E-state index in [0.717, 1.165) is 23.4 Å². The highest BCUT2D eigenvalue weighted by molar-refractivity contribution is 7.14. The molecule has 4 aromatic rings. The summed E-state index contributed by atoms with van der Waals surface area (Å²) in [6.07, 6.45) is 1.48. The Bertz CT molecular complexity index is 1360. The average molecular weight is 507 g/mol. The predicted molar refractivity (Wildman–Crippen MR) is 121 cm³/mol. The molecule has 5 rings (SSSR count). The van der Waals surface area contributed by atoms with Crippen LogP contribution in [-0.4, -0.2) is 62.3 Å². The summed E-state index contributed by atoms with van der Waals surface area (Å²) in [4.78, 5) is 21.1. The monoisotopic (exact) mass is 507 g/mol. The molecule has 0 aromatic carbocycles. The molecule has 0 saturated carbocycles. The van der Waals surface area contributed by atoms with Crippen LogP contribution in [0.2, 0.25) is 0 Å². The van der Waals surface area contributed by atoms with Gasteiger partial charge in [-0.3, -0.25) is 9.48 Å². The maximum Gasteiger partial charge on any atom is 0.405 e. The summed E-state index contributed by atoms with van der Waals surface area (Å²) < 4.78 is 52.3. The number of nitrogens with one attached hydrogen (secondary N) is 2. The van der Waals surface area contributed by atoms with Crippen LogP contribution in [0.4, 0.5) is 24.1 Å². The van der Waals surface area contributed by atoms with E-state index in [1.807, 2.05) is 35.4 Å². The summed E-state index contributed by atoms with van der Waals surface area (Å²) in [5.74, 6) is -0.247. The fraction of sp³-hybridized carbons (Fsp3) is 0.333. The van der Waals surface area contributed by atoms with Crippen molar-refractivity contribution in [2.24, 2.45) is 7.05 Å². The van der Waals surface area contributed by atoms with Gasteiger partial charge in [-0.15, -0.1) is 11.3 Å². The van der Waals surface area contributed by atoms with Gasteiger partial charge in [0.25, 0.3) is 5.91 Å². The number of hydrogen-bond acceptors (Lipinski definition) is 8. The zero-order valence-electron chi connectivity index (χ0n) is 18.4. The summed E-state index contributed by atoms with van der Waals surface area (Å²) in [5.41, 5.74) is 2.19. The Labute approximate surface area is 200 Å². The number of alkyl halides is 3. The first-order chi connectivity index (χ1) is 16.7. The maximum atomic E-state index is 12.4. The molecule has 1 amide bonds. The summed E-state index contributed by atoms with van der Waals surface area (Å²) in [7, 11) is 1.82. The highest BCUT2D eigenvalue weighted by Gasteiger charge is 2.28. The second-order valence-electron chi connectivity index (χ2n) is 7.87. The molecule has 1 aliphatic heterocycles. The topological polar surface area (TPSA) is 108 Å². The third-order valence-corrected chi connectivity index (χ3v) is 6.03. The molecule has 4 aromatic heterocycles. The predicted octanol–water partition coefficient (Wildman–Crippen LogP) is 3.42. The highest BCUT2D eigenvalue weighted by Crippen LogP contribution is 2.31. The SMILES string of the molecule is Cn1cc(-n2ccc3nc(Nc4cc(C(=O)NCC(F)(F)F)cs4)nc(O[C@@H]4CCOC4)c32)cn1. The van der Waals surface area contributed by atoms with Crippen LogP contribution >= 0.6 is 11.3 Å². The molecule has 1 atom stereocenters. The number of halogens is 3. The lowest BCUT2D eigenvalue weighted by Gasteiger charge is -2.14. The van der Waals surface area contributed by atoms with Crippen molar-refractivity contribution in [3.05, 3.63) is 41.7 Å². The Morgan fingerprint density at radius 2 is 2.23 bits per heavy atom. The van der Waals surface area contributed by atoms with Gasteiger partial charge in [-0.2, -0.15) is 23.3 Å². The molecular formula is C21H20F3N7O3S. The molecule has 10 nitrogen and oxygen atoms in total. The fourth-order valence-electron chi connectivity index (χ4n) is 3.58. The summed E-state index contributed by atoms with van der Waals surface area (Å²) in [5, 5.41) is 11.0. The first-order valence-electron chi connectivity index (χ1n) is 10.6. The van der Waals surface area contributed by atoms with E-state index in [0.29, 0.717) is 35.1 Å². The molecule has 2 N–H and O–H groups in total. The quantitative estimate of drug-likeness (QED) is 0.395. The zero-order chi connectivity index (χ0) is 24.6. The van der Waals surface area contributed by atoms with E-state index in [2.05, 4.69) is 20.4 Å². The number of ether oxygens (including phenoxy) is 2.